The van der Waals surface area contributed by atoms with E-state index in [0.717, 1.165) is 0 Å². The predicted octanol–water partition coefficient (Wildman–Crippen LogP) is 2.60. The van der Waals surface area contributed by atoms with E-state index in [-0.39, 0.29) is 10.3 Å². The van der Waals surface area contributed by atoms with Crippen molar-refractivity contribution >= 4 is 12.2 Å². The number of aromatic amines is 2. The fraction of sp³-hybridized carbons (Fsp3) is 0.294. The van der Waals surface area contributed by atoms with Gasteiger partial charge in [0.15, 0.2) is 4.77 Å². The topological polar surface area (TPSA) is 108 Å². The minimum absolute atomic E-state index is 0.0340. The highest BCUT2D eigenvalue weighted by molar-refractivity contribution is 7.71. The number of H-pyrrole nitrogens is 2. The van der Waals surface area contributed by atoms with E-state index >= 15 is 0 Å². The molecule has 2 heterocycles. The number of hydrogen-bond donors (Lipinski definition) is 3. The van der Waals surface area contributed by atoms with Crippen LogP contribution >= 0.6 is 12.2 Å². The molecule has 0 radical (unpaired) electrons. The Morgan fingerprint density at radius 1 is 0.958 bits per heavy atom. The van der Waals surface area contributed by atoms with Crippen LogP contribution in [0.4, 0.5) is 0 Å². The Labute approximate surface area is 144 Å². The van der Waals surface area contributed by atoms with E-state index in [9.17, 15) is 4.79 Å². The fourth-order valence-electron chi connectivity index (χ4n) is 2.32. The van der Waals surface area contributed by atoms with Crippen LogP contribution in [0.25, 0.3) is 11.3 Å². The summed E-state index contributed by atoms with van der Waals surface area (Å²) in [4.78, 5) is 16.7. The highest BCUT2D eigenvalue weighted by Crippen LogP contribution is 2.18. The lowest BCUT2D eigenvalue weighted by Crippen LogP contribution is -2.21. The van der Waals surface area contributed by atoms with Crippen molar-refractivity contribution < 1.29 is 0 Å². The molecule has 0 bridgehead atoms. The van der Waals surface area contributed by atoms with Gasteiger partial charge >= 0.3 is 0 Å². The van der Waals surface area contributed by atoms with Crippen LogP contribution in [0.5, 0.6) is 0 Å². The summed E-state index contributed by atoms with van der Waals surface area (Å²) in [5.74, 6) is 0. The minimum Gasteiger partial charge on any atom is -0.331 e. The number of nitriles is 2. The van der Waals surface area contributed by atoms with Gasteiger partial charge in [0.25, 0.3) is 5.56 Å². The SMILES string of the molecule is C1CCNCC1.N#Cc1ccc(-c2[nH]c(=S)[nH]c(=O)c2C#N)cc1. The summed E-state index contributed by atoms with van der Waals surface area (Å²) in [5, 5.41) is 21.0. The van der Waals surface area contributed by atoms with E-state index in [1.54, 1.807) is 24.3 Å². The molecule has 3 N–H and O–H groups in total. The van der Waals surface area contributed by atoms with Crippen molar-refractivity contribution in [3.8, 4) is 23.4 Å². The Balaban J connectivity index is 0.000000292. The Kier molecular flexibility index (Phi) is 6.44. The van der Waals surface area contributed by atoms with Gasteiger partial charge in [-0.15, -0.1) is 0 Å². The number of nitrogens with one attached hydrogen (secondary N) is 3. The lowest BCUT2D eigenvalue weighted by molar-refractivity contribution is 0.520. The maximum atomic E-state index is 11.6. The molecule has 0 unspecified atom stereocenters. The molecule has 6 nitrogen and oxygen atoms in total. The zero-order chi connectivity index (χ0) is 17.4. The molecule has 1 fully saturated rings. The van der Waals surface area contributed by atoms with Crippen LogP contribution in [0.3, 0.4) is 0 Å². The number of benzene rings is 1. The number of rotatable bonds is 1. The molecule has 1 aromatic carbocycles. The second kappa shape index (κ2) is 8.78. The predicted molar refractivity (Wildman–Crippen MR) is 93.8 cm³/mol. The van der Waals surface area contributed by atoms with Crippen LogP contribution in [-0.4, -0.2) is 23.1 Å². The first-order chi connectivity index (χ1) is 11.7. The average molecular weight is 339 g/mol. The number of aromatic nitrogens is 2. The first kappa shape index (κ1) is 17.6. The van der Waals surface area contributed by atoms with Crippen LogP contribution in [-0.2, 0) is 0 Å². The summed E-state index contributed by atoms with van der Waals surface area (Å²) < 4.78 is 0.151. The van der Waals surface area contributed by atoms with E-state index in [1.807, 2.05) is 12.1 Å². The summed E-state index contributed by atoms with van der Waals surface area (Å²) in [5.41, 5.74) is 0.924. The molecule has 0 saturated carbocycles. The van der Waals surface area contributed by atoms with Crippen LogP contribution in [0.1, 0.15) is 30.4 Å². The largest absolute Gasteiger partial charge is 0.331 e. The van der Waals surface area contributed by atoms with Gasteiger partial charge in [-0.25, -0.2) is 0 Å². The van der Waals surface area contributed by atoms with Crippen LogP contribution < -0.4 is 10.9 Å². The van der Waals surface area contributed by atoms with Crippen LogP contribution in [0.15, 0.2) is 29.1 Å². The highest BCUT2D eigenvalue weighted by atomic mass is 32.1. The standard InChI is InChI=1S/C12H6N4OS.C5H11N/c13-5-7-1-3-8(4-2-7)10-9(6-14)11(17)16-12(18)15-10;1-2-4-6-5-3-1/h1-4H,(H2,15,16,17,18);6H,1-5H2. The number of piperidine rings is 1. The summed E-state index contributed by atoms with van der Waals surface area (Å²) >= 11 is 4.87. The molecule has 0 atom stereocenters. The normalized spacial score (nSPS) is 13.1. The maximum Gasteiger partial charge on any atom is 0.270 e. The van der Waals surface area contributed by atoms with Gasteiger partial charge in [0.2, 0.25) is 0 Å². The molecule has 122 valence electrons. The van der Waals surface area contributed by atoms with Crippen molar-refractivity contribution in [1.82, 2.24) is 15.3 Å². The molecule has 3 rings (SSSR count). The molecule has 0 aliphatic carbocycles. The van der Waals surface area contributed by atoms with Crippen molar-refractivity contribution in [2.45, 2.75) is 19.3 Å². The Morgan fingerprint density at radius 3 is 2.08 bits per heavy atom. The molecule has 1 aromatic heterocycles. The van der Waals surface area contributed by atoms with E-state index in [4.69, 9.17) is 22.7 Å². The Morgan fingerprint density at radius 2 is 1.62 bits per heavy atom. The molecule has 1 aliphatic heterocycles. The number of hydrogen-bond acceptors (Lipinski definition) is 5. The zero-order valence-electron chi connectivity index (χ0n) is 13.1. The van der Waals surface area contributed by atoms with Gasteiger partial charge in [-0.05, 0) is 55.8 Å². The minimum atomic E-state index is -0.527. The van der Waals surface area contributed by atoms with E-state index in [0.29, 0.717) is 16.8 Å². The second-order valence-electron chi connectivity index (χ2n) is 5.27. The molecule has 1 aliphatic rings. The lowest BCUT2D eigenvalue weighted by Gasteiger charge is -2.08. The zero-order valence-corrected chi connectivity index (χ0v) is 13.9. The molecular formula is C17H17N5OS. The quantitative estimate of drug-likeness (QED) is 0.692. The van der Waals surface area contributed by atoms with Gasteiger partial charge in [-0.3, -0.25) is 9.78 Å². The monoisotopic (exact) mass is 339 g/mol. The molecule has 24 heavy (non-hydrogen) atoms. The molecule has 0 spiro atoms. The van der Waals surface area contributed by atoms with Crippen molar-refractivity contribution in [3.05, 3.63) is 50.5 Å². The molecular weight excluding hydrogens is 322 g/mol. The third-order valence-electron chi connectivity index (χ3n) is 3.56. The average Bonchev–Trinajstić information content (AvgIpc) is 2.63. The first-order valence-electron chi connectivity index (χ1n) is 7.63. The molecule has 2 aromatic rings. The lowest BCUT2D eigenvalue weighted by atomic mass is 10.1. The van der Waals surface area contributed by atoms with Gasteiger partial charge in [0, 0.05) is 0 Å². The van der Waals surface area contributed by atoms with E-state index in [1.165, 1.54) is 32.4 Å². The van der Waals surface area contributed by atoms with Gasteiger partial charge in [0.1, 0.15) is 11.6 Å². The van der Waals surface area contributed by atoms with Gasteiger partial charge in [-0.2, -0.15) is 10.5 Å². The van der Waals surface area contributed by atoms with Crippen molar-refractivity contribution in [2.24, 2.45) is 0 Å². The fourth-order valence-corrected chi connectivity index (χ4v) is 2.52. The van der Waals surface area contributed by atoms with Crippen LogP contribution in [0, 0.1) is 27.4 Å². The van der Waals surface area contributed by atoms with Crippen molar-refractivity contribution in [2.75, 3.05) is 13.1 Å². The maximum absolute atomic E-state index is 11.6. The van der Waals surface area contributed by atoms with Crippen LogP contribution in [0.2, 0.25) is 0 Å². The number of nitrogens with zero attached hydrogens (tertiary/aromatic N) is 2. The molecule has 7 heteroatoms. The summed E-state index contributed by atoms with van der Waals surface area (Å²) in [7, 11) is 0. The van der Waals surface area contributed by atoms with E-state index in [2.05, 4.69) is 15.3 Å². The van der Waals surface area contributed by atoms with Gasteiger partial charge < -0.3 is 10.3 Å². The van der Waals surface area contributed by atoms with Crippen molar-refractivity contribution in [1.29, 1.82) is 10.5 Å². The first-order valence-corrected chi connectivity index (χ1v) is 8.04. The van der Waals surface area contributed by atoms with Gasteiger partial charge in [0.05, 0.1) is 17.3 Å². The van der Waals surface area contributed by atoms with E-state index < -0.39 is 5.56 Å². The molecule has 0 amide bonds. The molecule has 1 saturated heterocycles. The highest BCUT2D eigenvalue weighted by Gasteiger charge is 2.09. The smallest absolute Gasteiger partial charge is 0.270 e. The summed E-state index contributed by atoms with van der Waals surface area (Å²) in [6.45, 7) is 2.50. The Hall–Kier alpha value is -2.74. The third kappa shape index (κ3) is 4.63. The Bertz CT molecular complexity index is 868. The summed E-state index contributed by atoms with van der Waals surface area (Å²) in [6.07, 6.45) is 4.22. The van der Waals surface area contributed by atoms with Gasteiger partial charge in [-0.1, -0.05) is 18.6 Å². The second-order valence-corrected chi connectivity index (χ2v) is 5.68. The van der Waals surface area contributed by atoms with Crippen molar-refractivity contribution in [3.63, 3.8) is 0 Å². The summed E-state index contributed by atoms with van der Waals surface area (Å²) in [6, 6.07) is 10.3. The third-order valence-corrected chi connectivity index (χ3v) is 3.77.